The lowest BCUT2D eigenvalue weighted by Gasteiger charge is -2.38. The van der Waals surface area contributed by atoms with E-state index in [9.17, 15) is 19.2 Å². The number of rotatable bonds is 0. The van der Waals surface area contributed by atoms with Gasteiger partial charge in [-0.05, 0) is 102 Å². The molecule has 0 spiro atoms. The molecule has 4 heteroatoms. The Bertz CT molecular complexity index is 1740. The summed E-state index contributed by atoms with van der Waals surface area (Å²) in [7, 11) is 0. The van der Waals surface area contributed by atoms with Crippen LogP contribution in [0.15, 0.2) is 84.9 Å². The molecule has 0 aromatic heterocycles. The van der Waals surface area contributed by atoms with Crippen LogP contribution in [0.25, 0.3) is 21.5 Å². The van der Waals surface area contributed by atoms with Crippen LogP contribution < -0.4 is 0 Å². The monoisotopic (exact) mass is 490 g/mol. The second kappa shape index (κ2) is 6.59. The molecule has 0 aliphatic heterocycles. The van der Waals surface area contributed by atoms with Crippen LogP contribution >= 0.6 is 0 Å². The molecule has 6 aliphatic rings. The SMILES string of the molecule is O=C1C(=O)C2c3ccccc3C1c1cc3cc4cc5c(cc4cc3cc12)C1C(=O)C(=O)C5c2ccccc21. The van der Waals surface area contributed by atoms with Gasteiger partial charge in [-0.1, -0.05) is 48.5 Å². The van der Waals surface area contributed by atoms with E-state index in [0.717, 1.165) is 66.1 Å². The standard InChI is InChI=1S/C34H18O4/c35-31-27-19-5-1-2-6-20(19)28(32(31)36)24-12-16-10-18-14-26-25(13-17(18)9-15(16)11-23(24)27)29-21-7-3-4-8-22(21)30(26)34(38)33(29)37/h1-14,27-30H. The molecule has 0 radical (unpaired) electrons. The van der Waals surface area contributed by atoms with Crippen molar-refractivity contribution in [1.29, 1.82) is 0 Å². The fourth-order valence-corrected chi connectivity index (χ4v) is 7.61. The molecule has 5 aromatic carbocycles. The van der Waals surface area contributed by atoms with Crippen molar-refractivity contribution in [1.82, 2.24) is 0 Å². The lowest BCUT2D eigenvalue weighted by Crippen LogP contribution is -2.40. The van der Waals surface area contributed by atoms with Crippen molar-refractivity contribution in [3.63, 3.8) is 0 Å². The Kier molecular flexibility index (Phi) is 3.53. The summed E-state index contributed by atoms with van der Waals surface area (Å²) >= 11 is 0. The van der Waals surface area contributed by atoms with Gasteiger partial charge in [-0.2, -0.15) is 0 Å². The second-order valence-electron chi connectivity index (χ2n) is 11.0. The van der Waals surface area contributed by atoms with Crippen molar-refractivity contribution in [3.8, 4) is 0 Å². The summed E-state index contributed by atoms with van der Waals surface area (Å²) in [6, 6.07) is 28.0. The molecule has 4 bridgehead atoms. The second-order valence-corrected chi connectivity index (χ2v) is 11.0. The average Bonchev–Trinajstić information content (AvgIpc) is 2.93. The zero-order valence-electron chi connectivity index (χ0n) is 20.0. The maximum atomic E-state index is 13.0. The van der Waals surface area contributed by atoms with Gasteiger partial charge in [0, 0.05) is 0 Å². The topological polar surface area (TPSA) is 68.3 Å². The van der Waals surface area contributed by atoms with E-state index < -0.39 is 23.7 Å². The third-order valence-corrected chi connectivity index (χ3v) is 9.21. The first-order chi connectivity index (χ1) is 18.5. The number of fused-ring (bicyclic) bond motifs is 4. The van der Waals surface area contributed by atoms with Gasteiger partial charge in [-0.25, -0.2) is 0 Å². The number of benzene rings is 5. The van der Waals surface area contributed by atoms with Crippen molar-refractivity contribution in [2.45, 2.75) is 23.7 Å². The molecule has 0 heterocycles. The summed E-state index contributed by atoms with van der Waals surface area (Å²) < 4.78 is 0. The summed E-state index contributed by atoms with van der Waals surface area (Å²) in [5, 5.41) is 3.96. The van der Waals surface area contributed by atoms with E-state index in [1.54, 1.807) is 0 Å². The van der Waals surface area contributed by atoms with Crippen molar-refractivity contribution < 1.29 is 19.2 Å². The molecule has 5 aromatic rings. The highest BCUT2D eigenvalue weighted by atomic mass is 16.2. The van der Waals surface area contributed by atoms with E-state index in [4.69, 9.17) is 0 Å². The van der Waals surface area contributed by atoms with Gasteiger partial charge in [0.1, 0.15) is 0 Å². The Labute approximate surface area is 216 Å². The van der Waals surface area contributed by atoms with Gasteiger partial charge in [0.25, 0.3) is 0 Å². The van der Waals surface area contributed by atoms with Gasteiger partial charge in [-0.3, -0.25) is 19.2 Å². The van der Waals surface area contributed by atoms with Gasteiger partial charge in [0.2, 0.25) is 23.1 Å². The Balaban J connectivity index is 1.29. The maximum Gasteiger partial charge on any atom is 0.211 e. The van der Waals surface area contributed by atoms with Crippen LogP contribution in [0.4, 0.5) is 0 Å². The quantitative estimate of drug-likeness (QED) is 0.214. The highest BCUT2D eigenvalue weighted by Gasteiger charge is 2.50. The minimum absolute atomic E-state index is 0.326. The zero-order chi connectivity index (χ0) is 25.4. The van der Waals surface area contributed by atoms with Crippen LogP contribution in [0.5, 0.6) is 0 Å². The minimum Gasteiger partial charge on any atom is -0.290 e. The van der Waals surface area contributed by atoms with Gasteiger partial charge in [0.05, 0.1) is 23.7 Å². The van der Waals surface area contributed by atoms with Crippen LogP contribution in [0.1, 0.15) is 68.2 Å². The van der Waals surface area contributed by atoms with Crippen LogP contribution in [-0.4, -0.2) is 23.1 Å². The molecule has 178 valence electrons. The first-order valence-corrected chi connectivity index (χ1v) is 12.9. The van der Waals surface area contributed by atoms with Crippen LogP contribution in [0.2, 0.25) is 0 Å². The molecule has 0 N–H and O–H groups in total. The van der Waals surface area contributed by atoms with Gasteiger partial charge < -0.3 is 0 Å². The predicted octanol–water partition coefficient (Wildman–Crippen LogP) is 5.45. The first kappa shape index (κ1) is 20.4. The first-order valence-electron chi connectivity index (χ1n) is 12.9. The van der Waals surface area contributed by atoms with E-state index >= 15 is 0 Å². The Morgan fingerprint density at radius 2 is 0.553 bits per heavy atom. The number of ketones is 4. The molecule has 6 aliphatic carbocycles. The van der Waals surface area contributed by atoms with Gasteiger partial charge in [0.15, 0.2) is 0 Å². The van der Waals surface area contributed by atoms with Gasteiger partial charge in [-0.15, -0.1) is 0 Å². The molecule has 11 rings (SSSR count). The predicted molar refractivity (Wildman–Crippen MR) is 142 cm³/mol. The largest absolute Gasteiger partial charge is 0.290 e. The summed E-state index contributed by atoms with van der Waals surface area (Å²) in [6.45, 7) is 0. The molecule has 0 amide bonds. The zero-order valence-corrected chi connectivity index (χ0v) is 20.0. The average molecular weight is 491 g/mol. The normalized spacial score (nSPS) is 24.0. The molecule has 0 fully saturated rings. The van der Waals surface area contributed by atoms with Crippen molar-refractivity contribution >= 4 is 44.7 Å². The summed E-state index contributed by atoms with van der Waals surface area (Å²) in [5.41, 5.74) is 7.38. The fourth-order valence-electron chi connectivity index (χ4n) is 7.61. The highest BCUT2D eigenvalue weighted by molar-refractivity contribution is 6.46. The van der Waals surface area contributed by atoms with Crippen LogP contribution in [-0.2, 0) is 19.2 Å². The van der Waals surface area contributed by atoms with E-state index in [-0.39, 0.29) is 23.1 Å². The summed E-state index contributed by atoms with van der Waals surface area (Å²) in [6.07, 6.45) is 0. The Morgan fingerprint density at radius 1 is 0.316 bits per heavy atom. The smallest absolute Gasteiger partial charge is 0.211 e. The minimum atomic E-state index is -0.557. The third kappa shape index (κ3) is 2.24. The fraction of sp³-hybridized carbons (Fsp3) is 0.118. The summed E-state index contributed by atoms with van der Waals surface area (Å²) in [5.74, 6) is -3.53. The molecular weight excluding hydrogens is 472 g/mol. The van der Waals surface area contributed by atoms with E-state index in [1.165, 1.54) is 0 Å². The van der Waals surface area contributed by atoms with Crippen molar-refractivity contribution in [3.05, 3.63) is 129 Å². The molecule has 0 saturated carbocycles. The summed E-state index contributed by atoms with van der Waals surface area (Å²) in [4.78, 5) is 52.2. The Hall–Kier alpha value is -4.70. The van der Waals surface area contributed by atoms with E-state index in [0.29, 0.717) is 0 Å². The number of carbonyl (C=O) groups excluding carboxylic acids is 4. The lowest BCUT2D eigenvalue weighted by molar-refractivity contribution is -0.138. The number of hydrogen-bond donors (Lipinski definition) is 0. The number of carbonyl (C=O) groups is 4. The molecule has 0 saturated heterocycles. The molecule has 4 unspecified atom stereocenters. The van der Waals surface area contributed by atoms with Gasteiger partial charge >= 0.3 is 0 Å². The third-order valence-electron chi connectivity index (χ3n) is 9.21. The van der Waals surface area contributed by atoms with Crippen molar-refractivity contribution in [2.24, 2.45) is 0 Å². The molecular formula is C34H18O4. The van der Waals surface area contributed by atoms with E-state index in [1.807, 2.05) is 48.5 Å². The Morgan fingerprint density at radius 3 is 0.789 bits per heavy atom. The molecule has 38 heavy (non-hydrogen) atoms. The van der Waals surface area contributed by atoms with E-state index in [2.05, 4.69) is 36.4 Å². The lowest BCUT2D eigenvalue weighted by atomic mass is 9.62. The number of Topliss-reactive ketones (excluding diaryl/α,β-unsaturated/α-hetero) is 4. The molecule has 4 atom stereocenters. The highest BCUT2D eigenvalue weighted by Crippen LogP contribution is 2.52. The van der Waals surface area contributed by atoms with Crippen LogP contribution in [0, 0.1) is 0 Å². The van der Waals surface area contributed by atoms with Crippen LogP contribution in [0.3, 0.4) is 0 Å². The molecule has 4 nitrogen and oxygen atoms in total. The maximum absolute atomic E-state index is 13.0. The van der Waals surface area contributed by atoms with Crippen molar-refractivity contribution in [2.75, 3.05) is 0 Å². The number of hydrogen-bond acceptors (Lipinski definition) is 4.